The maximum atomic E-state index is 13.3. The fourth-order valence-corrected chi connectivity index (χ4v) is 3.81. The highest BCUT2D eigenvalue weighted by atomic mass is 79.9. The summed E-state index contributed by atoms with van der Waals surface area (Å²) in [5.41, 5.74) is 2.84. The lowest BCUT2D eigenvalue weighted by molar-refractivity contribution is -0.143. The maximum Gasteiger partial charge on any atom is 0.261 e. The van der Waals surface area contributed by atoms with Crippen LogP contribution in [0.5, 0.6) is 5.75 Å². The molecule has 32 heavy (non-hydrogen) atoms. The van der Waals surface area contributed by atoms with Crippen LogP contribution in [0.15, 0.2) is 40.9 Å². The van der Waals surface area contributed by atoms with Gasteiger partial charge in [-0.05, 0) is 68.5 Å². The molecular weight excluding hydrogens is 492 g/mol. The molecule has 0 saturated heterocycles. The zero-order valence-corrected chi connectivity index (χ0v) is 21.7. The summed E-state index contributed by atoms with van der Waals surface area (Å²) in [5, 5.41) is 3.56. The zero-order chi connectivity index (χ0) is 23.8. The van der Waals surface area contributed by atoms with Crippen LogP contribution in [0.2, 0.25) is 5.02 Å². The molecule has 0 aromatic heterocycles. The predicted molar refractivity (Wildman–Crippen MR) is 133 cm³/mol. The number of ether oxygens (including phenoxy) is 1. The van der Waals surface area contributed by atoms with Crippen LogP contribution in [0.4, 0.5) is 0 Å². The first-order valence-corrected chi connectivity index (χ1v) is 12.1. The van der Waals surface area contributed by atoms with Gasteiger partial charge >= 0.3 is 0 Å². The Morgan fingerprint density at radius 3 is 2.31 bits per heavy atom. The number of amides is 2. The van der Waals surface area contributed by atoms with Crippen LogP contribution in [0.25, 0.3) is 0 Å². The van der Waals surface area contributed by atoms with E-state index in [2.05, 4.69) is 21.2 Å². The molecule has 7 heteroatoms. The number of halogens is 2. The minimum Gasteiger partial charge on any atom is -0.484 e. The average molecular weight is 524 g/mol. The van der Waals surface area contributed by atoms with Gasteiger partial charge in [-0.25, -0.2) is 0 Å². The van der Waals surface area contributed by atoms with E-state index >= 15 is 0 Å². The predicted octanol–water partition coefficient (Wildman–Crippen LogP) is 5.82. The van der Waals surface area contributed by atoms with E-state index in [1.807, 2.05) is 65.0 Å². The molecule has 0 heterocycles. The number of carbonyl (C=O) groups is 2. The molecule has 174 valence electrons. The molecule has 1 N–H and O–H groups in total. The Morgan fingerprint density at radius 2 is 1.75 bits per heavy atom. The molecule has 0 fully saturated rings. The smallest absolute Gasteiger partial charge is 0.261 e. The summed E-state index contributed by atoms with van der Waals surface area (Å²) in [5.74, 6) is 0.179. The Balaban J connectivity index is 2.26. The highest BCUT2D eigenvalue weighted by Gasteiger charge is 2.30. The zero-order valence-electron chi connectivity index (χ0n) is 19.4. The van der Waals surface area contributed by atoms with Crippen molar-refractivity contribution in [1.29, 1.82) is 0 Å². The van der Waals surface area contributed by atoms with E-state index in [0.29, 0.717) is 17.2 Å². The molecule has 2 amide bonds. The summed E-state index contributed by atoms with van der Waals surface area (Å²) in [6.45, 7) is 9.87. The number of nitrogens with one attached hydrogen (secondary N) is 1. The van der Waals surface area contributed by atoms with Crippen LogP contribution in [0, 0.1) is 13.8 Å². The maximum absolute atomic E-state index is 13.3. The third-order valence-corrected chi connectivity index (χ3v) is 7.08. The standard InChI is InChI=1S/C25H32BrClN2O3/c1-6-18(5)28-25(31)22(7-2)29(14-19-10-8-9-11-21(19)27)23(30)15-32-20-12-16(3)24(26)17(4)13-20/h8-13,18,22H,6-7,14-15H2,1-5H3,(H,28,31)/t18-,22-/m0/s1. The van der Waals surface area contributed by atoms with Gasteiger partial charge in [0.25, 0.3) is 5.91 Å². The van der Waals surface area contributed by atoms with E-state index in [4.69, 9.17) is 16.3 Å². The molecule has 2 rings (SSSR count). The molecule has 0 bridgehead atoms. The lowest BCUT2D eigenvalue weighted by Crippen LogP contribution is -2.51. The van der Waals surface area contributed by atoms with E-state index < -0.39 is 6.04 Å². The topological polar surface area (TPSA) is 58.6 Å². The molecule has 0 aliphatic carbocycles. The third kappa shape index (κ3) is 6.97. The van der Waals surface area contributed by atoms with Crippen LogP contribution in [-0.4, -0.2) is 35.4 Å². The minimum absolute atomic E-state index is 0.0266. The van der Waals surface area contributed by atoms with Crippen LogP contribution < -0.4 is 10.1 Å². The van der Waals surface area contributed by atoms with Crippen molar-refractivity contribution in [2.75, 3.05) is 6.61 Å². The number of hydrogen-bond acceptors (Lipinski definition) is 3. The quantitative estimate of drug-likeness (QED) is 0.427. The molecule has 2 aromatic carbocycles. The Bertz CT molecular complexity index is 928. The molecule has 0 saturated carbocycles. The largest absolute Gasteiger partial charge is 0.484 e. The summed E-state index contributed by atoms with van der Waals surface area (Å²) < 4.78 is 6.85. The highest BCUT2D eigenvalue weighted by Crippen LogP contribution is 2.26. The molecule has 0 aliphatic rings. The van der Waals surface area contributed by atoms with Crippen LogP contribution in [-0.2, 0) is 16.1 Å². The van der Waals surface area contributed by atoms with Crippen LogP contribution in [0.1, 0.15) is 50.3 Å². The van der Waals surface area contributed by atoms with Gasteiger partial charge in [-0.15, -0.1) is 0 Å². The van der Waals surface area contributed by atoms with Gasteiger partial charge in [0, 0.05) is 22.1 Å². The number of nitrogens with zero attached hydrogens (tertiary/aromatic N) is 1. The Morgan fingerprint density at radius 1 is 1.12 bits per heavy atom. The molecule has 5 nitrogen and oxygen atoms in total. The van der Waals surface area contributed by atoms with Crippen molar-refractivity contribution in [1.82, 2.24) is 10.2 Å². The number of rotatable bonds is 10. The van der Waals surface area contributed by atoms with E-state index in [0.717, 1.165) is 27.6 Å². The number of hydrogen-bond donors (Lipinski definition) is 1. The van der Waals surface area contributed by atoms with Crippen LogP contribution in [0.3, 0.4) is 0 Å². The third-order valence-electron chi connectivity index (χ3n) is 5.46. The molecule has 0 aliphatic heterocycles. The monoisotopic (exact) mass is 522 g/mol. The van der Waals surface area contributed by atoms with E-state index in [9.17, 15) is 9.59 Å². The molecule has 0 radical (unpaired) electrons. The second kappa shape index (κ2) is 12.3. The summed E-state index contributed by atoms with van der Waals surface area (Å²) >= 11 is 9.90. The van der Waals surface area contributed by atoms with Crippen molar-refractivity contribution < 1.29 is 14.3 Å². The van der Waals surface area contributed by atoms with Gasteiger partial charge in [0.1, 0.15) is 11.8 Å². The summed E-state index contributed by atoms with van der Waals surface area (Å²) in [7, 11) is 0. The molecule has 2 atom stereocenters. The summed E-state index contributed by atoms with van der Waals surface area (Å²) in [6, 6.07) is 10.5. The van der Waals surface area contributed by atoms with Gasteiger partial charge in [0.15, 0.2) is 6.61 Å². The first-order chi connectivity index (χ1) is 15.2. The Kier molecular flexibility index (Phi) is 10.0. The van der Waals surface area contributed by atoms with Crippen molar-refractivity contribution in [3.8, 4) is 5.75 Å². The number of carbonyl (C=O) groups excluding carboxylic acids is 2. The Hall–Kier alpha value is -2.05. The van der Waals surface area contributed by atoms with Gasteiger partial charge in [0.2, 0.25) is 5.91 Å². The van der Waals surface area contributed by atoms with Gasteiger partial charge in [-0.2, -0.15) is 0 Å². The second-order valence-corrected chi connectivity index (χ2v) is 9.21. The lowest BCUT2D eigenvalue weighted by Gasteiger charge is -2.31. The van der Waals surface area contributed by atoms with Crippen molar-refractivity contribution in [2.24, 2.45) is 0 Å². The van der Waals surface area contributed by atoms with Crippen molar-refractivity contribution in [3.05, 3.63) is 62.6 Å². The molecule has 2 aromatic rings. The molecule has 0 unspecified atom stereocenters. The normalized spacial score (nSPS) is 12.7. The van der Waals surface area contributed by atoms with E-state index in [1.165, 1.54) is 0 Å². The number of aryl methyl sites for hydroxylation is 2. The SMILES string of the molecule is CC[C@H](C)NC(=O)[C@H](CC)N(Cc1ccccc1Cl)C(=O)COc1cc(C)c(Br)c(C)c1. The van der Waals surface area contributed by atoms with Gasteiger partial charge in [0.05, 0.1) is 0 Å². The molecular formula is C25H32BrClN2O3. The van der Waals surface area contributed by atoms with E-state index in [1.54, 1.807) is 11.0 Å². The van der Waals surface area contributed by atoms with Crippen molar-refractivity contribution in [2.45, 2.75) is 66.1 Å². The summed E-state index contributed by atoms with van der Waals surface area (Å²) in [4.78, 5) is 27.8. The first kappa shape index (κ1) is 26.2. The van der Waals surface area contributed by atoms with Gasteiger partial charge < -0.3 is 15.0 Å². The highest BCUT2D eigenvalue weighted by molar-refractivity contribution is 9.10. The Labute approximate surface area is 204 Å². The minimum atomic E-state index is -0.621. The molecule has 0 spiro atoms. The lowest BCUT2D eigenvalue weighted by atomic mass is 10.1. The van der Waals surface area contributed by atoms with Crippen molar-refractivity contribution >= 4 is 39.3 Å². The van der Waals surface area contributed by atoms with E-state index in [-0.39, 0.29) is 31.0 Å². The van der Waals surface area contributed by atoms with Crippen molar-refractivity contribution in [3.63, 3.8) is 0 Å². The van der Waals surface area contributed by atoms with Gasteiger partial charge in [-0.1, -0.05) is 59.6 Å². The fraction of sp³-hybridized carbons (Fsp3) is 0.440. The van der Waals surface area contributed by atoms with Gasteiger partial charge in [-0.3, -0.25) is 9.59 Å². The number of benzene rings is 2. The first-order valence-electron chi connectivity index (χ1n) is 10.9. The van der Waals surface area contributed by atoms with Crippen LogP contribution >= 0.6 is 27.5 Å². The summed E-state index contributed by atoms with van der Waals surface area (Å²) in [6.07, 6.45) is 1.29. The fourth-order valence-electron chi connectivity index (χ4n) is 3.39. The average Bonchev–Trinajstić information content (AvgIpc) is 2.76. The second-order valence-electron chi connectivity index (χ2n) is 8.01.